The Kier molecular flexibility index (Phi) is 4.68. The van der Waals surface area contributed by atoms with E-state index >= 15 is 0 Å². The predicted molar refractivity (Wildman–Crippen MR) is 111 cm³/mol. The van der Waals surface area contributed by atoms with Crippen molar-refractivity contribution < 1.29 is 9.59 Å². The molecule has 28 heavy (non-hydrogen) atoms. The van der Waals surface area contributed by atoms with E-state index in [2.05, 4.69) is 10.6 Å². The Labute approximate surface area is 167 Å². The summed E-state index contributed by atoms with van der Waals surface area (Å²) < 4.78 is 0. The number of carbonyl (C=O) groups is 2. The maximum absolute atomic E-state index is 13.2. The van der Waals surface area contributed by atoms with Crippen molar-refractivity contribution in [1.29, 1.82) is 0 Å². The molecule has 2 N–H and O–H groups in total. The normalized spacial score (nSPS) is 34.2. The largest absolute Gasteiger partial charge is 0.326 e. The second-order valence-corrected chi connectivity index (χ2v) is 10.1. The van der Waals surface area contributed by atoms with Gasteiger partial charge in [0, 0.05) is 17.3 Å². The third-order valence-electron chi connectivity index (χ3n) is 7.88. The molecule has 4 bridgehead atoms. The van der Waals surface area contributed by atoms with Gasteiger partial charge < -0.3 is 10.6 Å². The molecule has 6 rings (SSSR count). The van der Waals surface area contributed by atoms with Gasteiger partial charge in [0.15, 0.2) is 0 Å². The fraction of sp³-hybridized carbons (Fsp3) is 0.667. The molecule has 0 spiro atoms. The van der Waals surface area contributed by atoms with E-state index in [1.54, 1.807) is 0 Å². The van der Waals surface area contributed by atoms with Crippen molar-refractivity contribution >= 4 is 23.2 Å². The van der Waals surface area contributed by atoms with Gasteiger partial charge in [0.2, 0.25) is 11.8 Å². The van der Waals surface area contributed by atoms with Crippen LogP contribution in [0.3, 0.4) is 0 Å². The van der Waals surface area contributed by atoms with Crippen molar-refractivity contribution in [3.05, 3.63) is 24.3 Å². The first-order chi connectivity index (χ1) is 13.6. The highest BCUT2D eigenvalue weighted by atomic mass is 16.2. The van der Waals surface area contributed by atoms with Gasteiger partial charge in [-0.05, 0) is 87.3 Å². The van der Waals surface area contributed by atoms with Crippen LogP contribution in [-0.4, -0.2) is 11.8 Å². The Hall–Kier alpha value is -1.84. The Bertz CT molecular complexity index is 730. The van der Waals surface area contributed by atoms with Crippen LogP contribution in [0.25, 0.3) is 0 Å². The lowest BCUT2D eigenvalue weighted by Crippen LogP contribution is -2.51. The molecular formula is C24H32N2O2. The van der Waals surface area contributed by atoms with Crippen LogP contribution < -0.4 is 10.6 Å². The molecular weight excluding hydrogens is 348 g/mol. The van der Waals surface area contributed by atoms with Crippen molar-refractivity contribution in [2.75, 3.05) is 10.6 Å². The second-order valence-electron chi connectivity index (χ2n) is 10.1. The summed E-state index contributed by atoms with van der Waals surface area (Å²) in [7, 11) is 0. The quantitative estimate of drug-likeness (QED) is 0.739. The summed E-state index contributed by atoms with van der Waals surface area (Å²) in [5, 5.41) is 6.27. The highest BCUT2D eigenvalue weighted by molar-refractivity contribution is 5.97. The molecule has 4 heteroatoms. The summed E-state index contributed by atoms with van der Waals surface area (Å²) in [4.78, 5) is 25.8. The van der Waals surface area contributed by atoms with Gasteiger partial charge in [0.25, 0.3) is 0 Å². The molecule has 4 nitrogen and oxygen atoms in total. The van der Waals surface area contributed by atoms with Crippen molar-refractivity contribution in [3.63, 3.8) is 0 Å². The predicted octanol–water partition coefficient (Wildman–Crippen LogP) is 5.36. The summed E-state index contributed by atoms with van der Waals surface area (Å²) in [6.07, 6.45) is 12.8. The number of nitrogens with one attached hydrogen (secondary N) is 2. The van der Waals surface area contributed by atoms with Gasteiger partial charge in [-0.25, -0.2) is 0 Å². The molecule has 0 heterocycles. The van der Waals surface area contributed by atoms with E-state index in [0.717, 1.165) is 74.1 Å². The maximum Gasteiger partial charge on any atom is 0.230 e. The van der Waals surface area contributed by atoms with E-state index in [1.807, 2.05) is 24.3 Å². The fourth-order valence-electron chi connectivity index (χ4n) is 6.94. The van der Waals surface area contributed by atoms with E-state index in [1.165, 1.54) is 25.7 Å². The summed E-state index contributed by atoms with van der Waals surface area (Å²) in [5.74, 6) is 2.76. The van der Waals surface area contributed by atoms with Crippen molar-refractivity contribution in [3.8, 4) is 0 Å². The molecule has 0 aromatic heterocycles. The lowest BCUT2D eigenvalue weighted by atomic mass is 9.49. The summed E-state index contributed by atoms with van der Waals surface area (Å²) in [6, 6.07) is 7.70. The molecule has 1 aromatic rings. The van der Waals surface area contributed by atoms with Gasteiger partial charge >= 0.3 is 0 Å². The van der Waals surface area contributed by atoms with E-state index < -0.39 is 0 Å². The molecule has 5 saturated carbocycles. The van der Waals surface area contributed by atoms with Gasteiger partial charge in [-0.3, -0.25) is 9.59 Å². The van der Waals surface area contributed by atoms with Crippen LogP contribution in [0.5, 0.6) is 0 Å². The van der Waals surface area contributed by atoms with Crippen LogP contribution in [0.1, 0.15) is 70.6 Å². The van der Waals surface area contributed by atoms with Crippen LogP contribution in [0.2, 0.25) is 0 Å². The molecule has 0 radical (unpaired) electrons. The zero-order chi connectivity index (χ0) is 19.1. The first kappa shape index (κ1) is 18.2. The third kappa shape index (κ3) is 3.46. The Morgan fingerprint density at radius 3 is 2.00 bits per heavy atom. The standard InChI is InChI=1S/C24H32N2O2/c27-22(19-5-2-1-3-6-19)25-20-7-4-8-21(12-20)26-23(28)24-13-16-9-17(14-24)11-18(10-16)15-24/h4,7-8,12,16-19H,1-3,5-6,9-11,13-15H2,(H,25,27)(H,26,28). The molecule has 5 fully saturated rings. The van der Waals surface area contributed by atoms with Gasteiger partial charge in [-0.15, -0.1) is 0 Å². The Balaban J connectivity index is 1.25. The molecule has 150 valence electrons. The molecule has 0 saturated heterocycles. The number of hydrogen-bond acceptors (Lipinski definition) is 2. The van der Waals surface area contributed by atoms with E-state index in [9.17, 15) is 9.59 Å². The van der Waals surface area contributed by atoms with Gasteiger partial charge in [-0.1, -0.05) is 25.3 Å². The minimum Gasteiger partial charge on any atom is -0.326 e. The van der Waals surface area contributed by atoms with Crippen LogP contribution in [0.4, 0.5) is 11.4 Å². The smallest absolute Gasteiger partial charge is 0.230 e. The minimum absolute atomic E-state index is 0.129. The Morgan fingerprint density at radius 2 is 1.39 bits per heavy atom. The number of amides is 2. The molecule has 5 aliphatic rings. The number of benzene rings is 1. The minimum atomic E-state index is -0.143. The molecule has 5 aliphatic carbocycles. The topological polar surface area (TPSA) is 58.2 Å². The molecule has 0 unspecified atom stereocenters. The average molecular weight is 381 g/mol. The number of hydrogen-bond donors (Lipinski definition) is 2. The molecule has 0 atom stereocenters. The lowest BCUT2D eigenvalue weighted by Gasteiger charge is -2.55. The van der Waals surface area contributed by atoms with Gasteiger partial charge in [0.05, 0.1) is 5.41 Å². The number of carbonyl (C=O) groups excluding carboxylic acids is 2. The van der Waals surface area contributed by atoms with Crippen LogP contribution in [0.15, 0.2) is 24.3 Å². The van der Waals surface area contributed by atoms with Crippen LogP contribution in [0, 0.1) is 29.1 Å². The number of anilines is 2. The third-order valence-corrected chi connectivity index (χ3v) is 7.88. The van der Waals surface area contributed by atoms with E-state index in [4.69, 9.17) is 0 Å². The van der Waals surface area contributed by atoms with Gasteiger partial charge in [0.1, 0.15) is 0 Å². The first-order valence-electron chi connectivity index (χ1n) is 11.3. The number of rotatable bonds is 4. The van der Waals surface area contributed by atoms with Crippen molar-refractivity contribution in [2.24, 2.45) is 29.1 Å². The van der Waals surface area contributed by atoms with Crippen molar-refractivity contribution in [2.45, 2.75) is 70.6 Å². The molecule has 2 amide bonds. The van der Waals surface area contributed by atoms with E-state index in [0.29, 0.717) is 0 Å². The molecule has 1 aromatic carbocycles. The monoisotopic (exact) mass is 380 g/mol. The van der Waals surface area contributed by atoms with Gasteiger partial charge in [-0.2, -0.15) is 0 Å². The summed E-state index contributed by atoms with van der Waals surface area (Å²) >= 11 is 0. The maximum atomic E-state index is 13.2. The zero-order valence-corrected chi connectivity index (χ0v) is 16.7. The average Bonchev–Trinajstić information content (AvgIpc) is 2.68. The fourth-order valence-corrected chi connectivity index (χ4v) is 6.94. The second kappa shape index (κ2) is 7.20. The first-order valence-corrected chi connectivity index (χ1v) is 11.3. The highest BCUT2D eigenvalue weighted by Crippen LogP contribution is 2.60. The van der Waals surface area contributed by atoms with E-state index in [-0.39, 0.29) is 23.1 Å². The zero-order valence-electron chi connectivity index (χ0n) is 16.7. The summed E-state index contributed by atoms with van der Waals surface area (Å²) in [5.41, 5.74) is 1.46. The van der Waals surface area contributed by atoms with Crippen molar-refractivity contribution in [1.82, 2.24) is 0 Å². The van der Waals surface area contributed by atoms with Crippen LogP contribution in [-0.2, 0) is 9.59 Å². The SMILES string of the molecule is O=C(Nc1cccc(NC(=O)C23CC4CC(CC(C4)C2)C3)c1)C1CCCCC1. The molecule has 0 aliphatic heterocycles. The van der Waals surface area contributed by atoms with Crippen LogP contribution >= 0.6 is 0 Å². The highest BCUT2D eigenvalue weighted by Gasteiger charge is 2.54. The Morgan fingerprint density at radius 1 is 0.821 bits per heavy atom. The summed E-state index contributed by atoms with van der Waals surface area (Å²) in [6.45, 7) is 0. The lowest BCUT2D eigenvalue weighted by molar-refractivity contribution is -0.140.